The van der Waals surface area contributed by atoms with E-state index >= 15 is 0 Å². The minimum Gasteiger partial charge on any atom is -0.381 e. The van der Waals surface area contributed by atoms with E-state index in [1.165, 1.54) is 4.57 Å². The topological polar surface area (TPSA) is 136 Å². The summed E-state index contributed by atoms with van der Waals surface area (Å²) in [5.41, 5.74) is 4.86. The molecule has 9 nitrogen and oxygen atoms in total. The summed E-state index contributed by atoms with van der Waals surface area (Å²) < 4.78 is 1.45. The maximum absolute atomic E-state index is 10.7. The predicted octanol–water partition coefficient (Wildman–Crippen LogP) is -1.11. The Kier molecular flexibility index (Phi) is 3.63. The van der Waals surface area contributed by atoms with E-state index in [1.807, 2.05) is 0 Å². The second kappa shape index (κ2) is 4.78. The van der Waals surface area contributed by atoms with Gasteiger partial charge in [-0.2, -0.15) is 0 Å². The number of nitrogens with two attached hydrogens (primary N) is 1. The molecule has 0 spiro atoms. The van der Waals surface area contributed by atoms with Gasteiger partial charge in [0.1, 0.15) is 6.10 Å². The van der Waals surface area contributed by atoms with E-state index < -0.39 is 16.9 Å². The fraction of sp³-hybridized carbons (Fsp3) is 0.500. The Morgan fingerprint density at radius 1 is 1.76 bits per heavy atom. The van der Waals surface area contributed by atoms with Crippen LogP contribution in [0.1, 0.15) is 5.82 Å². The fourth-order valence-corrected chi connectivity index (χ4v) is 1.21. The molecule has 0 saturated heterocycles. The zero-order valence-corrected chi connectivity index (χ0v) is 9.38. The minimum atomic E-state index is -1.41. The summed E-state index contributed by atoms with van der Waals surface area (Å²) in [5, 5.41) is 22.5. The molecule has 17 heavy (non-hydrogen) atoms. The molecule has 0 bridgehead atoms. The number of hydrogen-bond acceptors (Lipinski definition) is 6. The predicted molar refractivity (Wildman–Crippen MR) is 58.3 cm³/mol. The maximum atomic E-state index is 10.7. The summed E-state index contributed by atoms with van der Waals surface area (Å²) >= 11 is 0. The monoisotopic (exact) mass is 243 g/mol. The molecule has 1 heterocycles. The molecule has 1 atom stereocenters. The lowest BCUT2D eigenvalue weighted by molar-refractivity contribution is -0.388. The number of rotatable bonds is 5. The summed E-state index contributed by atoms with van der Waals surface area (Å²) in [5.74, 6) is -0.707. The van der Waals surface area contributed by atoms with Gasteiger partial charge in [0, 0.05) is 14.0 Å². The third-order valence-corrected chi connectivity index (χ3v) is 2.26. The molecule has 1 rings (SSSR count). The second-order valence-corrected chi connectivity index (χ2v) is 3.45. The van der Waals surface area contributed by atoms with Crippen LogP contribution in [0.25, 0.3) is 0 Å². The highest BCUT2D eigenvalue weighted by molar-refractivity contribution is 5.79. The quantitative estimate of drug-likeness (QED) is 0.443. The Hall–Kier alpha value is -2.16. The highest BCUT2D eigenvalue weighted by atomic mass is 16.6. The van der Waals surface area contributed by atoms with Crippen LogP contribution in [0.2, 0.25) is 0 Å². The molecule has 94 valence electrons. The van der Waals surface area contributed by atoms with Gasteiger partial charge in [-0.1, -0.05) is 0 Å². The first kappa shape index (κ1) is 12.9. The highest BCUT2D eigenvalue weighted by Crippen LogP contribution is 2.23. The molecule has 1 amide bonds. The van der Waals surface area contributed by atoms with Crippen LogP contribution in [0.3, 0.4) is 0 Å². The molecular weight excluding hydrogens is 230 g/mol. The first-order chi connectivity index (χ1) is 7.84. The normalized spacial score (nSPS) is 12.2. The Balaban J connectivity index is 2.90. The third-order valence-electron chi connectivity index (χ3n) is 2.26. The van der Waals surface area contributed by atoms with Crippen molar-refractivity contribution in [2.45, 2.75) is 13.0 Å². The number of anilines is 1. The number of nitro groups is 1. The first-order valence-electron chi connectivity index (χ1n) is 4.73. The van der Waals surface area contributed by atoms with Crippen molar-refractivity contribution >= 4 is 17.5 Å². The lowest BCUT2D eigenvalue weighted by Crippen LogP contribution is -2.34. The van der Waals surface area contributed by atoms with Crippen LogP contribution in [-0.2, 0) is 11.8 Å². The SMILES string of the molecule is Cc1nc([N+](=O)[O-])c(NCC(O)C(N)=O)n1C. The van der Waals surface area contributed by atoms with Crippen LogP contribution < -0.4 is 11.1 Å². The Bertz CT molecular complexity index is 455. The van der Waals surface area contributed by atoms with Crippen molar-refractivity contribution in [2.75, 3.05) is 11.9 Å². The van der Waals surface area contributed by atoms with Crippen LogP contribution in [-0.4, -0.2) is 38.1 Å². The standard InChI is InChI=1S/C8H13N5O4/c1-4-11-8(13(16)17)7(12(4)2)10-3-5(14)6(9)15/h5,10,14H,3H2,1-2H3,(H2,9,15). The maximum Gasteiger partial charge on any atom is 0.406 e. The van der Waals surface area contributed by atoms with E-state index in [1.54, 1.807) is 14.0 Å². The molecule has 0 aliphatic carbocycles. The number of carbonyl (C=O) groups is 1. The number of amides is 1. The average molecular weight is 243 g/mol. The van der Waals surface area contributed by atoms with Crippen LogP contribution in [0.5, 0.6) is 0 Å². The van der Waals surface area contributed by atoms with Gasteiger partial charge in [-0.05, 0) is 9.91 Å². The fourth-order valence-electron chi connectivity index (χ4n) is 1.21. The van der Waals surface area contributed by atoms with Crippen molar-refractivity contribution in [3.8, 4) is 0 Å². The summed E-state index contributed by atoms with van der Waals surface area (Å²) in [6.45, 7) is 1.39. The zero-order valence-electron chi connectivity index (χ0n) is 9.38. The molecule has 0 aromatic carbocycles. The summed E-state index contributed by atoms with van der Waals surface area (Å²) in [6.07, 6.45) is -1.41. The van der Waals surface area contributed by atoms with Crippen molar-refractivity contribution in [1.29, 1.82) is 0 Å². The molecule has 0 aliphatic heterocycles. The smallest absolute Gasteiger partial charge is 0.381 e. The molecule has 0 aliphatic rings. The molecule has 9 heteroatoms. The number of aliphatic hydroxyl groups excluding tert-OH is 1. The van der Waals surface area contributed by atoms with Crippen molar-refractivity contribution in [3.05, 3.63) is 15.9 Å². The lowest BCUT2D eigenvalue weighted by atomic mass is 10.3. The Labute approximate surface area is 96.4 Å². The summed E-state index contributed by atoms with van der Waals surface area (Å²) in [7, 11) is 1.58. The van der Waals surface area contributed by atoms with Gasteiger partial charge in [0.15, 0.2) is 0 Å². The van der Waals surface area contributed by atoms with Gasteiger partial charge in [0.05, 0.1) is 6.54 Å². The third kappa shape index (κ3) is 2.69. The van der Waals surface area contributed by atoms with Gasteiger partial charge in [0.2, 0.25) is 17.5 Å². The largest absolute Gasteiger partial charge is 0.406 e. The average Bonchev–Trinajstić information content (AvgIpc) is 2.52. The van der Waals surface area contributed by atoms with Gasteiger partial charge >= 0.3 is 5.82 Å². The molecule has 0 fully saturated rings. The van der Waals surface area contributed by atoms with Gasteiger partial charge in [0.25, 0.3) is 0 Å². The van der Waals surface area contributed by atoms with Crippen molar-refractivity contribution in [2.24, 2.45) is 12.8 Å². The van der Waals surface area contributed by atoms with Gasteiger partial charge in [-0.3, -0.25) is 9.36 Å². The number of imidazole rings is 1. The number of nitrogens with one attached hydrogen (secondary N) is 1. The van der Waals surface area contributed by atoms with Crippen LogP contribution >= 0.6 is 0 Å². The number of nitrogens with zero attached hydrogens (tertiary/aromatic N) is 3. The molecule has 0 saturated carbocycles. The molecule has 1 unspecified atom stereocenters. The first-order valence-corrected chi connectivity index (χ1v) is 4.73. The molecule has 1 aromatic rings. The summed E-state index contributed by atoms with van der Waals surface area (Å²) in [4.78, 5) is 24.4. The highest BCUT2D eigenvalue weighted by Gasteiger charge is 2.24. The zero-order chi connectivity index (χ0) is 13.2. The van der Waals surface area contributed by atoms with E-state index in [0.717, 1.165) is 0 Å². The second-order valence-electron chi connectivity index (χ2n) is 3.45. The molecule has 1 aromatic heterocycles. The van der Waals surface area contributed by atoms with E-state index in [0.29, 0.717) is 5.82 Å². The van der Waals surface area contributed by atoms with E-state index in [-0.39, 0.29) is 18.2 Å². The number of aryl methyl sites for hydroxylation is 1. The van der Waals surface area contributed by atoms with Gasteiger partial charge in [-0.25, -0.2) is 0 Å². The Morgan fingerprint density at radius 2 is 2.35 bits per heavy atom. The van der Waals surface area contributed by atoms with Gasteiger partial charge < -0.3 is 26.3 Å². The van der Waals surface area contributed by atoms with Crippen LogP contribution in [0, 0.1) is 17.0 Å². The lowest BCUT2D eigenvalue weighted by Gasteiger charge is -2.09. The van der Waals surface area contributed by atoms with Crippen LogP contribution in [0.4, 0.5) is 11.6 Å². The van der Waals surface area contributed by atoms with Crippen LogP contribution in [0.15, 0.2) is 0 Å². The number of hydrogen-bond donors (Lipinski definition) is 3. The minimum absolute atomic E-state index is 0.118. The number of aliphatic hydroxyl groups is 1. The molecule has 4 N–H and O–H groups in total. The van der Waals surface area contributed by atoms with Crippen molar-refractivity contribution in [3.63, 3.8) is 0 Å². The number of primary amides is 1. The van der Waals surface area contributed by atoms with Gasteiger partial charge in [-0.15, -0.1) is 0 Å². The van der Waals surface area contributed by atoms with Crippen molar-refractivity contribution < 1.29 is 14.8 Å². The molecule has 0 radical (unpaired) electrons. The van der Waals surface area contributed by atoms with E-state index in [4.69, 9.17) is 5.73 Å². The number of carbonyl (C=O) groups excluding carboxylic acids is 1. The number of aromatic nitrogens is 2. The summed E-state index contributed by atoms with van der Waals surface area (Å²) in [6, 6.07) is 0. The molecular formula is C8H13N5O4. The van der Waals surface area contributed by atoms with E-state index in [9.17, 15) is 20.0 Å². The Morgan fingerprint density at radius 3 is 2.82 bits per heavy atom. The van der Waals surface area contributed by atoms with E-state index in [2.05, 4.69) is 10.3 Å². The van der Waals surface area contributed by atoms with Crippen molar-refractivity contribution in [1.82, 2.24) is 9.55 Å².